The van der Waals surface area contributed by atoms with Gasteiger partial charge in [0.25, 0.3) is 0 Å². The maximum absolute atomic E-state index is 4.42. The first-order valence-electron chi connectivity index (χ1n) is 7.15. The van der Waals surface area contributed by atoms with Crippen LogP contribution in [0.25, 0.3) is 0 Å². The Morgan fingerprint density at radius 2 is 1.94 bits per heavy atom. The van der Waals surface area contributed by atoms with Crippen molar-refractivity contribution >= 4 is 0 Å². The molecule has 3 atom stereocenters. The van der Waals surface area contributed by atoms with Crippen LogP contribution in [0.15, 0.2) is 6.20 Å². The molecule has 0 aromatic carbocycles. The van der Waals surface area contributed by atoms with Crippen LogP contribution in [0.2, 0.25) is 0 Å². The molecule has 1 aromatic rings. The van der Waals surface area contributed by atoms with Gasteiger partial charge in [0, 0.05) is 17.8 Å². The number of hydrogen-bond acceptors (Lipinski definition) is 1. The first kappa shape index (κ1) is 10.2. The predicted octanol–water partition coefficient (Wildman–Crippen LogP) is 3.65. The molecule has 0 amide bonds. The fraction of sp³-hybridized carbons (Fsp3) is 0.800. The maximum atomic E-state index is 4.42. The maximum Gasteiger partial charge on any atom is 0.103 e. The van der Waals surface area contributed by atoms with Crippen molar-refractivity contribution in [1.82, 2.24) is 9.97 Å². The smallest absolute Gasteiger partial charge is 0.103 e. The third-order valence-corrected chi connectivity index (χ3v) is 5.73. The largest absolute Gasteiger partial charge is 0.346 e. The molecule has 2 heteroatoms. The van der Waals surface area contributed by atoms with Gasteiger partial charge in [-0.25, -0.2) is 4.98 Å². The van der Waals surface area contributed by atoms with Crippen molar-refractivity contribution in [1.29, 1.82) is 0 Å². The minimum Gasteiger partial charge on any atom is -0.346 e. The van der Waals surface area contributed by atoms with E-state index in [2.05, 4.69) is 30.0 Å². The number of aryl methyl sites for hydroxylation is 1. The Morgan fingerprint density at radius 3 is 2.47 bits per heavy atom. The average Bonchev–Trinajstić information content (AvgIpc) is 2.61. The van der Waals surface area contributed by atoms with Gasteiger partial charge >= 0.3 is 0 Å². The quantitative estimate of drug-likeness (QED) is 0.784. The van der Waals surface area contributed by atoms with Crippen LogP contribution < -0.4 is 0 Å². The summed E-state index contributed by atoms with van der Waals surface area (Å²) < 4.78 is 0. The number of rotatable bonds is 1. The molecule has 1 aromatic heterocycles. The summed E-state index contributed by atoms with van der Waals surface area (Å²) in [7, 11) is 0. The van der Waals surface area contributed by atoms with Crippen molar-refractivity contribution in [3.63, 3.8) is 0 Å². The van der Waals surface area contributed by atoms with E-state index in [4.69, 9.17) is 0 Å². The van der Waals surface area contributed by atoms with Gasteiger partial charge < -0.3 is 4.98 Å². The van der Waals surface area contributed by atoms with Crippen LogP contribution in [0.3, 0.4) is 0 Å². The highest BCUT2D eigenvalue weighted by Gasteiger charge is 2.55. The van der Waals surface area contributed by atoms with E-state index in [-0.39, 0.29) is 0 Å². The monoisotopic (exact) mass is 230 g/mol. The second kappa shape index (κ2) is 3.15. The molecule has 4 aliphatic carbocycles. The molecule has 4 bridgehead atoms. The Bertz CT molecular complexity index is 434. The van der Waals surface area contributed by atoms with Gasteiger partial charge in [-0.15, -0.1) is 0 Å². The molecule has 92 valence electrons. The molecule has 4 fully saturated rings. The second-order valence-electron chi connectivity index (χ2n) is 7.16. The molecule has 0 aliphatic heterocycles. The molecular formula is C15H22N2. The normalized spacial score (nSPS) is 47.6. The van der Waals surface area contributed by atoms with Crippen LogP contribution in [-0.2, 0) is 0 Å². The summed E-state index contributed by atoms with van der Waals surface area (Å²) in [6.07, 6.45) is 9.52. The molecule has 4 saturated carbocycles. The minimum absolute atomic E-state index is 0.563. The number of aromatic amines is 1. The van der Waals surface area contributed by atoms with E-state index in [1.54, 1.807) is 0 Å². The Labute approximate surface area is 103 Å². The summed E-state index contributed by atoms with van der Waals surface area (Å²) in [6.45, 7) is 4.61. The van der Waals surface area contributed by atoms with Gasteiger partial charge in [0.1, 0.15) is 5.82 Å². The summed E-state index contributed by atoms with van der Waals surface area (Å²) in [4.78, 5) is 7.94. The Kier molecular flexibility index (Phi) is 1.88. The summed E-state index contributed by atoms with van der Waals surface area (Å²) in [6, 6.07) is 0. The average molecular weight is 230 g/mol. The van der Waals surface area contributed by atoms with Crippen molar-refractivity contribution < 1.29 is 0 Å². The number of nitrogens with zero attached hydrogens (tertiary/aromatic N) is 1. The minimum atomic E-state index is 0.563. The first-order chi connectivity index (χ1) is 8.14. The molecular weight excluding hydrogens is 208 g/mol. The van der Waals surface area contributed by atoms with Gasteiger partial charge in [-0.3, -0.25) is 0 Å². The second-order valence-corrected chi connectivity index (χ2v) is 7.16. The zero-order chi connectivity index (χ0) is 11.6. The van der Waals surface area contributed by atoms with Gasteiger partial charge in [0.2, 0.25) is 0 Å². The zero-order valence-electron chi connectivity index (χ0n) is 10.9. The highest BCUT2D eigenvalue weighted by atomic mass is 14.9. The Balaban J connectivity index is 1.76. The number of H-pyrrole nitrogens is 1. The van der Waals surface area contributed by atoms with Crippen LogP contribution in [0.5, 0.6) is 0 Å². The van der Waals surface area contributed by atoms with Crippen molar-refractivity contribution in [2.45, 2.75) is 51.9 Å². The Morgan fingerprint density at radius 1 is 1.24 bits per heavy atom. The van der Waals surface area contributed by atoms with Crippen molar-refractivity contribution in [2.75, 3.05) is 0 Å². The highest BCUT2D eigenvalue weighted by Crippen LogP contribution is 2.65. The lowest BCUT2D eigenvalue weighted by molar-refractivity contribution is -0.0656. The highest BCUT2D eigenvalue weighted by molar-refractivity contribution is 5.19. The van der Waals surface area contributed by atoms with Crippen LogP contribution in [0, 0.1) is 30.1 Å². The van der Waals surface area contributed by atoms with E-state index < -0.39 is 0 Å². The zero-order valence-corrected chi connectivity index (χ0v) is 10.9. The SMILES string of the molecule is Cc1ncc(C2C3CC4CC(C3)CC2(C)C4)[nH]1. The fourth-order valence-corrected chi connectivity index (χ4v) is 5.67. The van der Waals surface area contributed by atoms with Gasteiger partial charge in [0.05, 0.1) is 0 Å². The van der Waals surface area contributed by atoms with E-state index in [9.17, 15) is 0 Å². The molecule has 17 heavy (non-hydrogen) atoms. The van der Waals surface area contributed by atoms with E-state index in [1.807, 2.05) is 0 Å². The molecule has 0 saturated heterocycles. The summed E-state index contributed by atoms with van der Waals surface area (Å²) >= 11 is 0. The van der Waals surface area contributed by atoms with Gasteiger partial charge in [-0.1, -0.05) is 6.92 Å². The summed E-state index contributed by atoms with van der Waals surface area (Å²) in [5.74, 6) is 4.86. The Hall–Kier alpha value is -0.790. The molecule has 0 radical (unpaired) electrons. The van der Waals surface area contributed by atoms with Crippen LogP contribution in [-0.4, -0.2) is 9.97 Å². The fourth-order valence-electron chi connectivity index (χ4n) is 5.67. The first-order valence-corrected chi connectivity index (χ1v) is 7.15. The van der Waals surface area contributed by atoms with Gasteiger partial charge in [-0.05, 0) is 62.2 Å². The van der Waals surface area contributed by atoms with E-state index in [1.165, 1.54) is 37.8 Å². The van der Waals surface area contributed by atoms with E-state index >= 15 is 0 Å². The molecule has 1 N–H and O–H groups in total. The van der Waals surface area contributed by atoms with Crippen molar-refractivity contribution in [2.24, 2.45) is 23.2 Å². The van der Waals surface area contributed by atoms with Gasteiger partial charge in [-0.2, -0.15) is 0 Å². The molecule has 4 aliphatic rings. The lowest BCUT2D eigenvalue weighted by Gasteiger charge is -2.60. The van der Waals surface area contributed by atoms with Gasteiger partial charge in [0.15, 0.2) is 0 Å². The van der Waals surface area contributed by atoms with E-state index in [0.717, 1.165) is 29.5 Å². The van der Waals surface area contributed by atoms with Crippen LogP contribution in [0.4, 0.5) is 0 Å². The standard InChI is InChI=1S/C15H22N2/c1-9-16-8-13(17-9)14-12-4-10-3-11(5-12)7-15(14,2)6-10/h8,10-12,14H,3-7H2,1-2H3,(H,16,17). The molecule has 2 nitrogen and oxygen atoms in total. The van der Waals surface area contributed by atoms with Crippen LogP contribution >= 0.6 is 0 Å². The predicted molar refractivity (Wildman–Crippen MR) is 67.7 cm³/mol. The van der Waals surface area contributed by atoms with E-state index in [0.29, 0.717) is 5.41 Å². The summed E-state index contributed by atoms with van der Waals surface area (Å²) in [5.41, 5.74) is 1.99. The third-order valence-electron chi connectivity index (χ3n) is 5.73. The lowest BCUT2D eigenvalue weighted by Crippen LogP contribution is -2.50. The molecule has 5 rings (SSSR count). The molecule has 1 heterocycles. The molecule has 3 unspecified atom stereocenters. The number of hydrogen-bond donors (Lipinski definition) is 1. The third kappa shape index (κ3) is 1.36. The number of nitrogens with one attached hydrogen (secondary N) is 1. The van der Waals surface area contributed by atoms with Crippen LogP contribution in [0.1, 0.15) is 56.5 Å². The topological polar surface area (TPSA) is 28.7 Å². The van der Waals surface area contributed by atoms with Crippen molar-refractivity contribution in [3.8, 4) is 0 Å². The number of aromatic nitrogens is 2. The molecule has 0 spiro atoms. The summed E-state index contributed by atoms with van der Waals surface area (Å²) in [5, 5.41) is 0. The number of imidazole rings is 1. The van der Waals surface area contributed by atoms with Crippen molar-refractivity contribution in [3.05, 3.63) is 17.7 Å². The lowest BCUT2D eigenvalue weighted by atomic mass is 9.45.